The third-order valence-electron chi connectivity index (χ3n) is 4.73. The van der Waals surface area contributed by atoms with E-state index in [-0.39, 0.29) is 17.9 Å². The molecule has 9 heteroatoms. The van der Waals surface area contributed by atoms with Gasteiger partial charge in [-0.25, -0.2) is 0 Å². The van der Waals surface area contributed by atoms with Gasteiger partial charge in [-0.3, -0.25) is 35.0 Å². The molecule has 3 rings (SSSR count). The zero-order valence-electron chi connectivity index (χ0n) is 17.9. The van der Waals surface area contributed by atoms with Gasteiger partial charge in [-0.2, -0.15) is 0 Å². The van der Waals surface area contributed by atoms with Crippen molar-refractivity contribution in [2.24, 2.45) is 0 Å². The summed E-state index contributed by atoms with van der Waals surface area (Å²) in [5.74, 6) is -2.00. The average molecular weight is 445 g/mol. The lowest BCUT2D eigenvalue weighted by molar-refractivity contribution is -0.123. The molecule has 0 radical (unpaired) electrons. The lowest BCUT2D eigenvalue weighted by atomic mass is 10.1. The first kappa shape index (κ1) is 23.1. The molecule has 0 saturated heterocycles. The predicted molar refractivity (Wildman–Crippen MR) is 122 cm³/mol. The van der Waals surface area contributed by atoms with Crippen LogP contribution in [-0.2, 0) is 4.79 Å². The van der Waals surface area contributed by atoms with Crippen molar-refractivity contribution in [1.82, 2.24) is 21.2 Å². The van der Waals surface area contributed by atoms with Gasteiger partial charge in [0.2, 0.25) is 0 Å². The second-order valence-electron chi connectivity index (χ2n) is 6.98. The largest absolute Gasteiger partial charge is 0.340 e. The lowest BCUT2D eigenvalue weighted by Crippen LogP contribution is -2.52. The summed E-state index contributed by atoms with van der Waals surface area (Å²) in [6, 6.07) is 17.2. The van der Waals surface area contributed by atoms with Crippen LogP contribution < -0.4 is 21.5 Å². The van der Waals surface area contributed by atoms with Crippen molar-refractivity contribution in [3.05, 3.63) is 95.8 Å². The van der Waals surface area contributed by atoms with E-state index in [0.717, 1.165) is 0 Å². The zero-order chi connectivity index (χ0) is 23.6. The number of hydrogen-bond acceptors (Lipinski definition) is 5. The second-order valence-corrected chi connectivity index (χ2v) is 6.98. The molecule has 3 aromatic rings. The maximum atomic E-state index is 12.9. The minimum Gasteiger partial charge on any atom is -0.340 e. The molecule has 0 aliphatic carbocycles. The highest BCUT2D eigenvalue weighted by atomic mass is 16.2. The lowest BCUT2D eigenvalue weighted by Gasteiger charge is -2.18. The molecule has 1 unspecified atom stereocenters. The maximum absolute atomic E-state index is 12.9. The van der Waals surface area contributed by atoms with E-state index < -0.39 is 23.8 Å². The van der Waals surface area contributed by atoms with Gasteiger partial charge in [0.05, 0.1) is 11.3 Å². The summed E-state index contributed by atoms with van der Waals surface area (Å²) >= 11 is 0. The van der Waals surface area contributed by atoms with Crippen LogP contribution in [0, 0.1) is 0 Å². The van der Waals surface area contributed by atoms with Gasteiger partial charge in [0, 0.05) is 23.5 Å². The van der Waals surface area contributed by atoms with Crippen LogP contribution in [0.15, 0.2) is 79.1 Å². The van der Waals surface area contributed by atoms with Crippen molar-refractivity contribution in [2.45, 2.75) is 19.4 Å². The molecule has 2 aromatic carbocycles. The Morgan fingerprint density at radius 3 is 2.09 bits per heavy atom. The zero-order valence-corrected chi connectivity index (χ0v) is 17.9. The Hall–Kier alpha value is -4.53. The third-order valence-corrected chi connectivity index (χ3v) is 4.73. The summed E-state index contributed by atoms with van der Waals surface area (Å²) in [6.45, 7) is 1.72. The molecule has 4 amide bonds. The van der Waals surface area contributed by atoms with Crippen molar-refractivity contribution < 1.29 is 19.2 Å². The van der Waals surface area contributed by atoms with Crippen LogP contribution in [0.5, 0.6) is 0 Å². The fourth-order valence-corrected chi connectivity index (χ4v) is 2.94. The van der Waals surface area contributed by atoms with Gasteiger partial charge in [-0.15, -0.1) is 0 Å². The van der Waals surface area contributed by atoms with Crippen LogP contribution in [0.3, 0.4) is 0 Å². The monoisotopic (exact) mass is 445 g/mol. The predicted octanol–water partition coefficient (Wildman–Crippen LogP) is 2.30. The van der Waals surface area contributed by atoms with Crippen LogP contribution in [0.1, 0.15) is 44.4 Å². The normalized spacial score (nSPS) is 11.1. The molecule has 168 valence electrons. The van der Waals surface area contributed by atoms with Crippen LogP contribution in [0.2, 0.25) is 0 Å². The number of carbonyl (C=O) groups excluding carboxylic acids is 4. The number of anilines is 1. The van der Waals surface area contributed by atoms with Crippen molar-refractivity contribution in [1.29, 1.82) is 0 Å². The number of aromatic nitrogens is 1. The number of amides is 4. The number of carbonyl (C=O) groups is 4. The third kappa shape index (κ3) is 6.23. The number of hydrogen-bond donors (Lipinski definition) is 4. The fourth-order valence-electron chi connectivity index (χ4n) is 2.94. The van der Waals surface area contributed by atoms with Crippen molar-refractivity contribution in [3.8, 4) is 0 Å². The number of para-hydroxylation sites is 1. The first-order valence-electron chi connectivity index (χ1n) is 10.3. The van der Waals surface area contributed by atoms with Gasteiger partial charge >= 0.3 is 0 Å². The SMILES string of the molecule is CCC(NC(=O)c1ccccc1NC(=O)c1ccccc1)C(=O)NNC(=O)c1ccncc1. The van der Waals surface area contributed by atoms with E-state index in [9.17, 15) is 19.2 Å². The van der Waals surface area contributed by atoms with Crippen LogP contribution in [0.4, 0.5) is 5.69 Å². The summed E-state index contributed by atoms with van der Waals surface area (Å²) in [4.78, 5) is 53.8. The van der Waals surface area contributed by atoms with Crippen LogP contribution in [-0.4, -0.2) is 34.7 Å². The molecule has 4 N–H and O–H groups in total. The molecule has 0 aliphatic heterocycles. The highest BCUT2D eigenvalue weighted by Gasteiger charge is 2.22. The van der Waals surface area contributed by atoms with E-state index in [0.29, 0.717) is 16.8 Å². The first-order valence-corrected chi connectivity index (χ1v) is 10.3. The Kier molecular flexibility index (Phi) is 7.85. The molecule has 0 bridgehead atoms. The Labute approximate surface area is 190 Å². The van der Waals surface area contributed by atoms with Gasteiger partial charge < -0.3 is 10.6 Å². The Bertz CT molecular complexity index is 1140. The molecular weight excluding hydrogens is 422 g/mol. The van der Waals surface area contributed by atoms with Gasteiger partial charge in [-0.05, 0) is 42.8 Å². The van der Waals surface area contributed by atoms with E-state index in [1.54, 1.807) is 61.5 Å². The Morgan fingerprint density at radius 2 is 1.39 bits per heavy atom. The summed E-state index contributed by atoms with van der Waals surface area (Å²) in [5.41, 5.74) is 5.91. The number of nitrogens with zero attached hydrogens (tertiary/aromatic N) is 1. The van der Waals surface area contributed by atoms with Gasteiger partial charge in [0.1, 0.15) is 6.04 Å². The number of pyridine rings is 1. The van der Waals surface area contributed by atoms with Gasteiger partial charge in [-0.1, -0.05) is 37.3 Å². The van der Waals surface area contributed by atoms with Gasteiger partial charge in [0.25, 0.3) is 23.6 Å². The topological polar surface area (TPSA) is 129 Å². The summed E-state index contributed by atoms with van der Waals surface area (Å²) in [7, 11) is 0. The molecule has 0 fully saturated rings. The van der Waals surface area contributed by atoms with E-state index >= 15 is 0 Å². The highest BCUT2D eigenvalue weighted by Crippen LogP contribution is 2.17. The summed E-state index contributed by atoms with van der Waals surface area (Å²) in [5, 5.41) is 5.36. The highest BCUT2D eigenvalue weighted by molar-refractivity contribution is 6.09. The molecule has 33 heavy (non-hydrogen) atoms. The van der Waals surface area contributed by atoms with E-state index in [2.05, 4.69) is 26.5 Å². The smallest absolute Gasteiger partial charge is 0.269 e. The molecule has 0 spiro atoms. The molecule has 1 atom stereocenters. The Balaban J connectivity index is 1.63. The van der Waals surface area contributed by atoms with Crippen LogP contribution in [0.25, 0.3) is 0 Å². The summed E-state index contributed by atoms with van der Waals surface area (Å²) in [6.07, 6.45) is 3.20. The number of nitrogens with one attached hydrogen (secondary N) is 4. The second kappa shape index (κ2) is 11.2. The molecular formula is C24H23N5O4. The quantitative estimate of drug-likeness (QED) is 0.415. The number of hydrazine groups is 1. The molecule has 0 aliphatic rings. The maximum Gasteiger partial charge on any atom is 0.269 e. The molecule has 1 heterocycles. The molecule has 1 aromatic heterocycles. The standard InChI is InChI=1S/C24H23N5O4/c1-2-19(24(33)29-28-22(31)17-12-14-25-15-13-17)26-23(32)18-10-6-7-11-20(18)27-21(30)16-8-4-3-5-9-16/h3-15,19H,2H2,1H3,(H,26,32)(H,27,30)(H,28,31)(H,29,33). The minimum atomic E-state index is -0.909. The average Bonchev–Trinajstić information content (AvgIpc) is 2.86. The van der Waals surface area contributed by atoms with E-state index in [1.807, 2.05) is 0 Å². The van der Waals surface area contributed by atoms with Crippen molar-refractivity contribution >= 4 is 29.3 Å². The van der Waals surface area contributed by atoms with Crippen molar-refractivity contribution in [3.63, 3.8) is 0 Å². The van der Waals surface area contributed by atoms with Crippen LogP contribution >= 0.6 is 0 Å². The summed E-state index contributed by atoms with van der Waals surface area (Å²) < 4.78 is 0. The van der Waals surface area contributed by atoms with E-state index in [1.165, 1.54) is 24.5 Å². The van der Waals surface area contributed by atoms with E-state index in [4.69, 9.17) is 0 Å². The number of benzene rings is 2. The van der Waals surface area contributed by atoms with Crippen molar-refractivity contribution in [2.75, 3.05) is 5.32 Å². The first-order chi connectivity index (χ1) is 16.0. The molecule has 0 saturated carbocycles. The minimum absolute atomic E-state index is 0.203. The Morgan fingerprint density at radius 1 is 0.758 bits per heavy atom. The number of rotatable bonds is 7. The molecule has 9 nitrogen and oxygen atoms in total. The van der Waals surface area contributed by atoms with Gasteiger partial charge in [0.15, 0.2) is 0 Å². The fraction of sp³-hybridized carbons (Fsp3) is 0.125.